The highest BCUT2D eigenvalue weighted by Gasteiger charge is 2.07. The van der Waals surface area contributed by atoms with Gasteiger partial charge in [-0.15, -0.1) is 0 Å². The summed E-state index contributed by atoms with van der Waals surface area (Å²) >= 11 is 0. The maximum absolute atomic E-state index is 5.06. The minimum atomic E-state index is 0.824. The first-order chi connectivity index (χ1) is 7.83. The highest BCUT2D eigenvalue weighted by Crippen LogP contribution is 2.09. The van der Waals surface area contributed by atoms with Crippen LogP contribution in [0, 0.1) is 17.8 Å². The molecule has 0 spiro atoms. The van der Waals surface area contributed by atoms with Gasteiger partial charge in [0.25, 0.3) is 0 Å². The molecule has 1 aromatic carbocycles. The molecule has 1 fully saturated rings. The maximum atomic E-state index is 5.06. The number of hydrogen-bond acceptors (Lipinski definition) is 1. The van der Waals surface area contributed by atoms with E-state index in [0.29, 0.717) is 0 Å². The highest BCUT2D eigenvalue weighted by atomic mass is 16.5. The van der Waals surface area contributed by atoms with Gasteiger partial charge in [0.15, 0.2) is 0 Å². The fourth-order valence-corrected chi connectivity index (χ4v) is 1.36. The van der Waals surface area contributed by atoms with E-state index in [1.807, 2.05) is 30.3 Å². The molecule has 0 bridgehead atoms. The minimum absolute atomic E-state index is 0.824. The van der Waals surface area contributed by atoms with Gasteiger partial charge in [0.05, 0.1) is 0 Å². The Morgan fingerprint density at radius 2 is 2.06 bits per heavy atom. The molecule has 1 heteroatoms. The summed E-state index contributed by atoms with van der Waals surface area (Å²) in [7, 11) is 0. The smallest absolute Gasteiger partial charge is 0.0492 e. The van der Waals surface area contributed by atoms with E-state index < -0.39 is 0 Å². The fourth-order valence-electron chi connectivity index (χ4n) is 1.36. The molecule has 0 amide bonds. The lowest BCUT2D eigenvalue weighted by Gasteiger charge is -1.89. The molecule has 86 valence electrons. The van der Waals surface area contributed by atoms with Gasteiger partial charge in [0.1, 0.15) is 0 Å². The highest BCUT2D eigenvalue weighted by molar-refractivity contribution is 5.33. The van der Waals surface area contributed by atoms with E-state index in [1.54, 1.807) is 0 Å². The Balaban J connectivity index is 0.000000181. The summed E-state index contributed by atoms with van der Waals surface area (Å²) in [5.41, 5.74) is 1.10. The first kappa shape index (κ1) is 12.8. The van der Waals surface area contributed by atoms with Crippen molar-refractivity contribution >= 4 is 0 Å². The average molecular weight is 216 g/mol. The summed E-state index contributed by atoms with van der Waals surface area (Å²) in [6.07, 6.45) is 2.19. The van der Waals surface area contributed by atoms with Crippen LogP contribution in [0.4, 0.5) is 0 Å². The molecule has 0 aliphatic carbocycles. The Kier molecular flexibility index (Phi) is 6.37. The van der Waals surface area contributed by atoms with Crippen LogP contribution in [0.5, 0.6) is 0 Å². The van der Waals surface area contributed by atoms with Gasteiger partial charge in [0, 0.05) is 25.2 Å². The summed E-state index contributed by atoms with van der Waals surface area (Å²) in [6, 6.07) is 10.0. The van der Waals surface area contributed by atoms with Gasteiger partial charge in [-0.2, -0.15) is 0 Å². The summed E-state index contributed by atoms with van der Waals surface area (Å²) in [4.78, 5) is 0. The zero-order valence-electron chi connectivity index (χ0n) is 10.2. The molecule has 1 saturated heterocycles. The van der Waals surface area contributed by atoms with Crippen molar-refractivity contribution in [2.45, 2.75) is 26.7 Å². The molecular formula is C15H20O. The van der Waals surface area contributed by atoms with E-state index >= 15 is 0 Å². The van der Waals surface area contributed by atoms with Crippen LogP contribution in [-0.4, -0.2) is 13.2 Å². The molecular weight excluding hydrogens is 196 g/mol. The quantitative estimate of drug-likeness (QED) is 0.603. The van der Waals surface area contributed by atoms with E-state index in [2.05, 4.69) is 25.7 Å². The lowest BCUT2D eigenvalue weighted by atomic mass is 10.2. The molecule has 0 aromatic heterocycles. The van der Waals surface area contributed by atoms with Gasteiger partial charge in [-0.1, -0.05) is 43.9 Å². The molecule has 0 N–H and O–H groups in total. The molecule has 1 unspecified atom stereocenters. The molecule has 0 saturated carbocycles. The van der Waals surface area contributed by atoms with E-state index in [4.69, 9.17) is 4.74 Å². The van der Waals surface area contributed by atoms with E-state index in [1.165, 1.54) is 6.42 Å². The molecule has 2 rings (SSSR count). The maximum Gasteiger partial charge on any atom is 0.0492 e. The van der Waals surface area contributed by atoms with Crippen molar-refractivity contribution in [1.29, 1.82) is 0 Å². The van der Waals surface area contributed by atoms with Gasteiger partial charge in [-0.25, -0.2) is 0 Å². The molecule has 1 heterocycles. The topological polar surface area (TPSA) is 9.23 Å². The number of hydrogen-bond donors (Lipinski definition) is 0. The largest absolute Gasteiger partial charge is 0.381 e. The standard InChI is InChI=1S/C10H10.C5H10O/c1-2-3-7-10-8-5-4-6-9-10;1-5-2-3-6-4-5/h4-6,8-9H,2H2,1H3;5H,2-4H2,1H3. The average Bonchev–Trinajstić information content (AvgIpc) is 2.80. The van der Waals surface area contributed by atoms with Crippen LogP contribution in [0.15, 0.2) is 30.3 Å². The summed E-state index contributed by atoms with van der Waals surface area (Å²) in [5.74, 6) is 6.88. The molecule has 16 heavy (non-hydrogen) atoms. The van der Waals surface area contributed by atoms with Crippen molar-refractivity contribution in [1.82, 2.24) is 0 Å². The Labute approximate surface area is 98.8 Å². The molecule has 0 radical (unpaired) electrons. The third-order valence-electron chi connectivity index (χ3n) is 2.34. The van der Waals surface area contributed by atoms with Crippen LogP contribution in [0.2, 0.25) is 0 Å². The van der Waals surface area contributed by atoms with Crippen LogP contribution in [0.25, 0.3) is 0 Å². The fraction of sp³-hybridized carbons (Fsp3) is 0.467. The molecule has 1 nitrogen and oxygen atoms in total. The van der Waals surface area contributed by atoms with Crippen molar-refractivity contribution < 1.29 is 4.74 Å². The first-order valence-corrected chi connectivity index (χ1v) is 5.94. The van der Waals surface area contributed by atoms with E-state index in [-0.39, 0.29) is 0 Å². The van der Waals surface area contributed by atoms with Crippen LogP contribution in [0.3, 0.4) is 0 Å². The number of ether oxygens (including phenoxy) is 1. The Morgan fingerprint density at radius 1 is 1.31 bits per heavy atom. The molecule has 1 atom stereocenters. The number of rotatable bonds is 0. The molecule has 1 aliphatic rings. The van der Waals surface area contributed by atoms with Gasteiger partial charge >= 0.3 is 0 Å². The van der Waals surface area contributed by atoms with Crippen molar-refractivity contribution in [2.75, 3.05) is 13.2 Å². The van der Waals surface area contributed by atoms with E-state index in [9.17, 15) is 0 Å². The number of benzene rings is 1. The third kappa shape index (κ3) is 5.58. The van der Waals surface area contributed by atoms with Gasteiger partial charge in [0.2, 0.25) is 0 Å². The minimum Gasteiger partial charge on any atom is -0.381 e. The third-order valence-corrected chi connectivity index (χ3v) is 2.34. The van der Waals surface area contributed by atoms with Crippen LogP contribution < -0.4 is 0 Å². The summed E-state index contributed by atoms with van der Waals surface area (Å²) in [5, 5.41) is 0. The summed E-state index contributed by atoms with van der Waals surface area (Å²) < 4.78 is 5.06. The predicted molar refractivity (Wildman–Crippen MR) is 68.2 cm³/mol. The van der Waals surface area contributed by atoms with Crippen LogP contribution in [0.1, 0.15) is 32.3 Å². The predicted octanol–water partition coefficient (Wildman–Crippen LogP) is 3.49. The first-order valence-electron chi connectivity index (χ1n) is 5.94. The van der Waals surface area contributed by atoms with Crippen molar-refractivity contribution in [2.24, 2.45) is 5.92 Å². The normalized spacial score (nSPS) is 18.0. The van der Waals surface area contributed by atoms with Crippen molar-refractivity contribution in [3.05, 3.63) is 35.9 Å². The van der Waals surface area contributed by atoms with Crippen molar-refractivity contribution in [3.63, 3.8) is 0 Å². The molecule has 1 aliphatic heterocycles. The second-order valence-electron chi connectivity index (χ2n) is 3.99. The lowest BCUT2D eigenvalue weighted by Crippen LogP contribution is -1.88. The van der Waals surface area contributed by atoms with Gasteiger partial charge < -0.3 is 4.74 Å². The SMILES string of the molecule is CC1CCOC1.CCC#Cc1ccccc1. The van der Waals surface area contributed by atoms with Crippen LogP contribution in [-0.2, 0) is 4.74 Å². The van der Waals surface area contributed by atoms with E-state index in [0.717, 1.165) is 31.1 Å². The Hall–Kier alpha value is -1.26. The van der Waals surface area contributed by atoms with Gasteiger partial charge in [-0.3, -0.25) is 0 Å². The zero-order chi connectivity index (χ0) is 11.6. The van der Waals surface area contributed by atoms with Gasteiger partial charge in [-0.05, 0) is 24.5 Å². The molecule has 1 aromatic rings. The van der Waals surface area contributed by atoms with Crippen LogP contribution >= 0.6 is 0 Å². The Bertz CT molecular complexity index is 325. The zero-order valence-corrected chi connectivity index (χ0v) is 10.2. The second-order valence-corrected chi connectivity index (χ2v) is 3.99. The Morgan fingerprint density at radius 3 is 2.50 bits per heavy atom. The monoisotopic (exact) mass is 216 g/mol. The van der Waals surface area contributed by atoms with Crippen molar-refractivity contribution in [3.8, 4) is 11.8 Å². The summed E-state index contributed by atoms with van der Waals surface area (Å²) in [6.45, 7) is 6.24. The second kappa shape index (κ2) is 7.96. The lowest BCUT2D eigenvalue weighted by molar-refractivity contribution is 0.188.